The highest BCUT2D eigenvalue weighted by molar-refractivity contribution is 5.74. The van der Waals surface area contributed by atoms with Crippen molar-refractivity contribution in [3.8, 4) is 5.75 Å². The lowest BCUT2D eigenvalue weighted by Crippen LogP contribution is -2.24. The number of hydrogen-bond donors (Lipinski definition) is 1. The third-order valence-corrected chi connectivity index (χ3v) is 3.56. The molecule has 1 N–H and O–H groups in total. The highest BCUT2D eigenvalue weighted by atomic mass is 16.5. The number of nitrogens with zero attached hydrogens (tertiary/aromatic N) is 3. The van der Waals surface area contributed by atoms with Gasteiger partial charge in [-0.25, -0.2) is 4.98 Å². The lowest BCUT2D eigenvalue weighted by atomic mass is 10.1. The lowest BCUT2D eigenvalue weighted by molar-refractivity contribution is 0.246. The molecule has 1 unspecified atom stereocenters. The minimum atomic E-state index is 0.109. The molecule has 0 fully saturated rings. The van der Waals surface area contributed by atoms with E-state index in [1.165, 1.54) is 5.56 Å². The number of para-hydroxylation sites is 2. The summed E-state index contributed by atoms with van der Waals surface area (Å²) in [5.74, 6) is 1.51. The predicted octanol–water partition coefficient (Wildman–Crippen LogP) is 2.44. The van der Waals surface area contributed by atoms with Crippen molar-refractivity contribution in [3.05, 3.63) is 54.1 Å². The summed E-state index contributed by atoms with van der Waals surface area (Å²) < 4.78 is 5.88. The van der Waals surface area contributed by atoms with Gasteiger partial charge in [-0.1, -0.05) is 30.3 Å². The molecule has 1 aliphatic rings. The number of anilines is 1. The molecule has 1 aliphatic heterocycles. The maximum Gasteiger partial charge on any atom is 0.243 e. The molecule has 104 valence electrons. The van der Waals surface area contributed by atoms with Crippen LogP contribution in [0.3, 0.4) is 0 Å². The Hall–Kier alpha value is -2.69. The van der Waals surface area contributed by atoms with Gasteiger partial charge in [0.05, 0.1) is 12.1 Å². The van der Waals surface area contributed by atoms with E-state index in [0.717, 1.165) is 23.2 Å². The van der Waals surface area contributed by atoms with E-state index in [-0.39, 0.29) is 6.10 Å². The molecule has 1 atom stereocenters. The zero-order valence-electron chi connectivity index (χ0n) is 11.4. The average molecular weight is 278 g/mol. The van der Waals surface area contributed by atoms with Crippen LogP contribution >= 0.6 is 0 Å². The van der Waals surface area contributed by atoms with Crippen LogP contribution < -0.4 is 10.1 Å². The van der Waals surface area contributed by atoms with Gasteiger partial charge in [0.1, 0.15) is 17.4 Å². The first-order chi connectivity index (χ1) is 10.4. The summed E-state index contributed by atoms with van der Waals surface area (Å²) in [6.45, 7) is 0.661. The average Bonchev–Trinajstić information content (AvgIpc) is 2.95. The van der Waals surface area contributed by atoms with E-state index in [4.69, 9.17) is 4.74 Å². The van der Waals surface area contributed by atoms with E-state index in [1.807, 2.05) is 42.5 Å². The van der Waals surface area contributed by atoms with E-state index in [1.54, 1.807) is 0 Å². The van der Waals surface area contributed by atoms with Crippen molar-refractivity contribution >= 4 is 17.0 Å². The number of fused-ring (bicyclic) bond motifs is 2. The molecule has 1 aromatic heterocycles. The summed E-state index contributed by atoms with van der Waals surface area (Å²) in [6.07, 6.45) is 1.02. The Kier molecular flexibility index (Phi) is 2.88. The van der Waals surface area contributed by atoms with Gasteiger partial charge in [0.15, 0.2) is 0 Å². The van der Waals surface area contributed by atoms with Crippen LogP contribution in [0.15, 0.2) is 48.5 Å². The molecule has 0 amide bonds. The first-order valence-electron chi connectivity index (χ1n) is 6.96. The second-order valence-electron chi connectivity index (χ2n) is 5.06. The van der Waals surface area contributed by atoms with Gasteiger partial charge in [-0.05, 0) is 23.8 Å². The summed E-state index contributed by atoms with van der Waals surface area (Å²) in [7, 11) is 0. The van der Waals surface area contributed by atoms with Crippen LogP contribution in [0.2, 0.25) is 0 Å². The fourth-order valence-electron chi connectivity index (χ4n) is 2.53. The van der Waals surface area contributed by atoms with Crippen LogP contribution in [0.4, 0.5) is 5.95 Å². The summed E-state index contributed by atoms with van der Waals surface area (Å²) >= 11 is 0. The number of rotatable bonds is 3. The van der Waals surface area contributed by atoms with Crippen molar-refractivity contribution in [2.45, 2.75) is 12.5 Å². The molecule has 0 bridgehead atoms. The van der Waals surface area contributed by atoms with E-state index in [0.29, 0.717) is 12.5 Å². The van der Waals surface area contributed by atoms with E-state index >= 15 is 0 Å². The molecule has 0 radical (unpaired) electrons. The van der Waals surface area contributed by atoms with Crippen LogP contribution in [-0.4, -0.2) is 27.8 Å². The SMILES string of the molecule is c1ccc2c(c1)CC(CNc1nnc3ccccc3n1)O2. The van der Waals surface area contributed by atoms with Crippen LogP contribution in [0.25, 0.3) is 11.0 Å². The summed E-state index contributed by atoms with van der Waals surface area (Å²) in [6, 6.07) is 15.8. The molecule has 0 saturated heterocycles. The second kappa shape index (κ2) is 5.01. The van der Waals surface area contributed by atoms with Gasteiger partial charge >= 0.3 is 0 Å². The normalized spacial score (nSPS) is 16.5. The monoisotopic (exact) mass is 278 g/mol. The number of aromatic nitrogens is 3. The third-order valence-electron chi connectivity index (χ3n) is 3.56. The largest absolute Gasteiger partial charge is 0.488 e. The van der Waals surface area contributed by atoms with E-state index < -0.39 is 0 Å². The Morgan fingerprint density at radius 3 is 2.71 bits per heavy atom. The summed E-state index contributed by atoms with van der Waals surface area (Å²) in [5, 5.41) is 11.4. The first-order valence-corrected chi connectivity index (χ1v) is 6.96. The second-order valence-corrected chi connectivity index (χ2v) is 5.06. The van der Waals surface area contributed by atoms with Gasteiger partial charge in [-0.3, -0.25) is 0 Å². The van der Waals surface area contributed by atoms with E-state index in [2.05, 4.69) is 26.6 Å². The Morgan fingerprint density at radius 1 is 1.00 bits per heavy atom. The molecule has 5 heteroatoms. The van der Waals surface area contributed by atoms with Crippen molar-refractivity contribution in [2.24, 2.45) is 0 Å². The molecular weight excluding hydrogens is 264 g/mol. The Bertz CT molecular complexity index is 765. The summed E-state index contributed by atoms with van der Waals surface area (Å²) in [4.78, 5) is 4.45. The molecular formula is C16H14N4O. The van der Waals surface area contributed by atoms with Crippen molar-refractivity contribution in [2.75, 3.05) is 11.9 Å². The van der Waals surface area contributed by atoms with Crippen LogP contribution in [0.5, 0.6) is 5.75 Å². The zero-order valence-corrected chi connectivity index (χ0v) is 11.4. The van der Waals surface area contributed by atoms with Gasteiger partial charge in [0.2, 0.25) is 5.95 Å². The Balaban J connectivity index is 1.45. The first kappa shape index (κ1) is 12.1. The minimum Gasteiger partial charge on any atom is -0.488 e. The van der Waals surface area contributed by atoms with Crippen molar-refractivity contribution in [1.82, 2.24) is 15.2 Å². The third kappa shape index (κ3) is 2.38. The summed E-state index contributed by atoms with van der Waals surface area (Å²) in [5.41, 5.74) is 2.89. The van der Waals surface area contributed by atoms with Crippen molar-refractivity contribution < 1.29 is 4.74 Å². The van der Waals surface area contributed by atoms with Gasteiger partial charge in [-0.15, -0.1) is 10.2 Å². The Labute approximate surface area is 122 Å². The lowest BCUT2D eigenvalue weighted by Gasteiger charge is -2.11. The fourth-order valence-corrected chi connectivity index (χ4v) is 2.53. The maximum atomic E-state index is 5.88. The van der Waals surface area contributed by atoms with Gasteiger partial charge < -0.3 is 10.1 Å². The highest BCUT2D eigenvalue weighted by Gasteiger charge is 2.22. The van der Waals surface area contributed by atoms with Crippen LogP contribution in [0, 0.1) is 0 Å². The molecule has 0 aliphatic carbocycles. The molecule has 3 aromatic rings. The van der Waals surface area contributed by atoms with E-state index in [9.17, 15) is 0 Å². The number of hydrogen-bond acceptors (Lipinski definition) is 5. The Morgan fingerprint density at radius 2 is 1.81 bits per heavy atom. The smallest absolute Gasteiger partial charge is 0.243 e. The molecule has 5 nitrogen and oxygen atoms in total. The predicted molar refractivity (Wildman–Crippen MR) is 80.4 cm³/mol. The fraction of sp³-hybridized carbons (Fsp3) is 0.188. The minimum absolute atomic E-state index is 0.109. The standard InChI is InChI=1S/C16H14N4O/c1-4-8-15-11(5-1)9-12(21-15)10-17-16-18-13-6-2-3-7-14(13)19-20-16/h1-8,12H,9-10H2,(H,17,18,20). The number of nitrogens with one attached hydrogen (secondary N) is 1. The van der Waals surface area contributed by atoms with Crippen molar-refractivity contribution in [1.29, 1.82) is 0 Å². The quantitative estimate of drug-likeness (QED) is 0.797. The van der Waals surface area contributed by atoms with Crippen molar-refractivity contribution in [3.63, 3.8) is 0 Å². The molecule has 0 saturated carbocycles. The van der Waals surface area contributed by atoms with Crippen LogP contribution in [-0.2, 0) is 6.42 Å². The number of ether oxygens (including phenoxy) is 1. The molecule has 2 aromatic carbocycles. The molecule has 0 spiro atoms. The van der Waals surface area contributed by atoms with Gasteiger partial charge in [-0.2, -0.15) is 0 Å². The molecule has 21 heavy (non-hydrogen) atoms. The number of benzene rings is 2. The zero-order chi connectivity index (χ0) is 14.1. The molecule has 4 rings (SSSR count). The topological polar surface area (TPSA) is 59.9 Å². The van der Waals surface area contributed by atoms with Crippen LogP contribution in [0.1, 0.15) is 5.56 Å². The van der Waals surface area contributed by atoms with Gasteiger partial charge in [0, 0.05) is 6.42 Å². The maximum absolute atomic E-state index is 5.88. The van der Waals surface area contributed by atoms with Gasteiger partial charge in [0.25, 0.3) is 0 Å². The highest BCUT2D eigenvalue weighted by Crippen LogP contribution is 2.28. The molecule has 2 heterocycles.